The smallest absolute Gasteiger partial charge is 0.343 e. The zero-order valence-corrected chi connectivity index (χ0v) is 11.3. The predicted molar refractivity (Wildman–Crippen MR) is 74.5 cm³/mol. The van der Waals surface area contributed by atoms with E-state index in [-0.39, 0.29) is 5.56 Å². The number of hydrogen-bond donors (Lipinski definition) is 1. The summed E-state index contributed by atoms with van der Waals surface area (Å²) >= 11 is 0. The minimum atomic E-state index is -1.38. The molecule has 0 saturated carbocycles. The number of ether oxygens (including phenoxy) is 1. The van der Waals surface area contributed by atoms with Crippen LogP contribution in [0.15, 0.2) is 47.5 Å². The number of carboxylic acids is 1. The number of rotatable bonds is 4. The van der Waals surface area contributed by atoms with Crippen molar-refractivity contribution >= 4 is 11.9 Å². The molecule has 0 aliphatic rings. The first-order valence-electron chi connectivity index (χ1n) is 6.12. The van der Waals surface area contributed by atoms with E-state index in [9.17, 15) is 14.4 Å². The van der Waals surface area contributed by atoms with Gasteiger partial charge in [0.15, 0.2) is 0 Å². The van der Waals surface area contributed by atoms with Crippen LogP contribution in [0.25, 0.3) is 0 Å². The summed E-state index contributed by atoms with van der Waals surface area (Å²) in [5.41, 5.74) is -0.700. The molecule has 0 fully saturated rings. The molecule has 1 aromatic carbocycles. The van der Waals surface area contributed by atoms with Crippen molar-refractivity contribution in [2.24, 2.45) is 0 Å². The van der Waals surface area contributed by atoms with Crippen LogP contribution in [0.3, 0.4) is 0 Å². The summed E-state index contributed by atoms with van der Waals surface area (Å²) in [6, 6.07) is 9.26. The van der Waals surface area contributed by atoms with Gasteiger partial charge in [-0.3, -0.25) is 4.79 Å². The molecule has 0 atom stereocenters. The Morgan fingerprint density at radius 2 is 1.76 bits per heavy atom. The van der Waals surface area contributed by atoms with Gasteiger partial charge in [0.1, 0.15) is 11.1 Å². The van der Waals surface area contributed by atoms with Crippen molar-refractivity contribution in [2.75, 3.05) is 7.11 Å². The van der Waals surface area contributed by atoms with Crippen LogP contribution < -0.4 is 5.43 Å². The Kier molecular flexibility index (Phi) is 4.18. The molecule has 6 heteroatoms. The van der Waals surface area contributed by atoms with Crippen molar-refractivity contribution in [3.8, 4) is 0 Å². The van der Waals surface area contributed by atoms with E-state index >= 15 is 0 Å². The Bertz CT molecular complexity index is 733. The lowest BCUT2D eigenvalue weighted by Gasteiger charge is -2.10. The van der Waals surface area contributed by atoms with E-state index in [1.165, 1.54) is 17.0 Å². The predicted octanol–water partition coefficient (Wildman–Crippen LogP) is 1.38. The van der Waals surface area contributed by atoms with Crippen LogP contribution in [-0.4, -0.2) is 28.7 Å². The highest BCUT2D eigenvalue weighted by Crippen LogP contribution is 2.06. The van der Waals surface area contributed by atoms with E-state index < -0.39 is 22.9 Å². The Morgan fingerprint density at radius 3 is 2.33 bits per heavy atom. The molecule has 2 rings (SSSR count). The highest BCUT2D eigenvalue weighted by Gasteiger charge is 2.19. The van der Waals surface area contributed by atoms with Gasteiger partial charge in [0.25, 0.3) is 0 Å². The number of methoxy groups -OCH3 is 1. The quantitative estimate of drug-likeness (QED) is 0.859. The van der Waals surface area contributed by atoms with Crippen LogP contribution in [0.1, 0.15) is 26.3 Å². The monoisotopic (exact) mass is 287 g/mol. The van der Waals surface area contributed by atoms with Gasteiger partial charge in [-0.15, -0.1) is 0 Å². The van der Waals surface area contributed by atoms with Gasteiger partial charge in [-0.2, -0.15) is 0 Å². The summed E-state index contributed by atoms with van der Waals surface area (Å²) in [5.74, 6) is -2.24. The van der Waals surface area contributed by atoms with Gasteiger partial charge >= 0.3 is 11.9 Å². The molecule has 1 aromatic heterocycles. The second kappa shape index (κ2) is 6.04. The minimum absolute atomic E-state index is 0.298. The molecular weight excluding hydrogens is 274 g/mol. The Balaban J connectivity index is 2.52. The van der Waals surface area contributed by atoms with Crippen LogP contribution in [-0.2, 0) is 11.3 Å². The van der Waals surface area contributed by atoms with E-state index in [4.69, 9.17) is 5.11 Å². The maximum atomic E-state index is 11.9. The van der Waals surface area contributed by atoms with Gasteiger partial charge in [-0.05, 0) is 5.56 Å². The highest BCUT2D eigenvalue weighted by molar-refractivity contribution is 5.93. The molecule has 0 aliphatic carbocycles. The van der Waals surface area contributed by atoms with E-state index in [1.807, 2.05) is 30.3 Å². The van der Waals surface area contributed by atoms with Crippen molar-refractivity contribution in [3.63, 3.8) is 0 Å². The fourth-order valence-electron chi connectivity index (χ4n) is 1.92. The van der Waals surface area contributed by atoms with Crippen molar-refractivity contribution < 1.29 is 19.4 Å². The molecular formula is C15H13NO5. The molecule has 0 bridgehead atoms. The number of aromatic nitrogens is 1. The van der Waals surface area contributed by atoms with Crippen LogP contribution >= 0.6 is 0 Å². The number of pyridine rings is 1. The highest BCUT2D eigenvalue weighted by atomic mass is 16.5. The molecule has 0 saturated heterocycles. The van der Waals surface area contributed by atoms with Crippen molar-refractivity contribution in [1.29, 1.82) is 0 Å². The lowest BCUT2D eigenvalue weighted by molar-refractivity contribution is 0.0598. The Morgan fingerprint density at radius 1 is 1.14 bits per heavy atom. The third-order valence-electron chi connectivity index (χ3n) is 2.92. The van der Waals surface area contributed by atoms with Gasteiger partial charge in [0.2, 0.25) is 5.43 Å². The maximum absolute atomic E-state index is 11.9. The van der Waals surface area contributed by atoms with Crippen molar-refractivity contribution in [1.82, 2.24) is 4.57 Å². The number of aromatic carboxylic acids is 1. The molecule has 1 heterocycles. The average molecular weight is 287 g/mol. The number of carbonyl (C=O) groups is 2. The maximum Gasteiger partial charge on any atom is 0.343 e. The normalized spacial score (nSPS) is 10.1. The second-order valence-electron chi connectivity index (χ2n) is 4.37. The molecule has 1 N–H and O–H groups in total. The fraction of sp³-hybridized carbons (Fsp3) is 0.133. The van der Waals surface area contributed by atoms with E-state index in [1.54, 1.807) is 0 Å². The first kappa shape index (κ1) is 14.5. The summed E-state index contributed by atoms with van der Waals surface area (Å²) in [5, 5.41) is 9.07. The molecule has 0 radical (unpaired) electrons. The molecule has 0 aliphatic heterocycles. The van der Waals surface area contributed by atoms with Crippen LogP contribution in [0.2, 0.25) is 0 Å². The van der Waals surface area contributed by atoms with Crippen LogP contribution in [0.5, 0.6) is 0 Å². The minimum Gasteiger partial charge on any atom is -0.477 e. The SMILES string of the molecule is COC(=O)c1cn(Cc2ccccc2)cc(C(=O)O)c1=O. The van der Waals surface area contributed by atoms with Crippen LogP contribution in [0, 0.1) is 0 Å². The lowest BCUT2D eigenvalue weighted by atomic mass is 10.1. The van der Waals surface area contributed by atoms with Crippen LogP contribution in [0.4, 0.5) is 0 Å². The van der Waals surface area contributed by atoms with Gasteiger partial charge in [0, 0.05) is 18.9 Å². The Labute approximate surface area is 120 Å². The molecule has 0 unspecified atom stereocenters. The molecule has 108 valence electrons. The van der Waals surface area contributed by atoms with Gasteiger partial charge in [-0.25, -0.2) is 9.59 Å². The third kappa shape index (κ3) is 3.17. The van der Waals surface area contributed by atoms with Crippen molar-refractivity contribution in [3.05, 3.63) is 69.6 Å². The number of esters is 1. The van der Waals surface area contributed by atoms with E-state index in [0.717, 1.165) is 12.7 Å². The number of carboxylic acid groups (broad SMARTS) is 1. The lowest BCUT2D eigenvalue weighted by Crippen LogP contribution is -2.25. The number of nitrogens with zero attached hydrogens (tertiary/aromatic N) is 1. The standard InChI is InChI=1S/C15H13NO5/c1-21-15(20)12-9-16(7-10-5-3-2-4-6-10)8-11(13(12)17)14(18)19/h2-6,8-9H,7H2,1H3,(H,18,19). The zero-order chi connectivity index (χ0) is 15.4. The number of hydrogen-bond acceptors (Lipinski definition) is 4. The summed E-state index contributed by atoms with van der Waals surface area (Å²) in [6.45, 7) is 0.339. The van der Waals surface area contributed by atoms with Gasteiger partial charge in [0.05, 0.1) is 7.11 Å². The topological polar surface area (TPSA) is 85.6 Å². The average Bonchev–Trinajstić information content (AvgIpc) is 2.48. The number of benzene rings is 1. The zero-order valence-electron chi connectivity index (χ0n) is 11.3. The first-order valence-corrected chi connectivity index (χ1v) is 6.12. The second-order valence-corrected chi connectivity index (χ2v) is 4.37. The summed E-state index contributed by atoms with van der Waals surface area (Å²) in [7, 11) is 1.14. The Hall–Kier alpha value is -2.89. The van der Waals surface area contributed by atoms with Gasteiger partial charge in [-0.1, -0.05) is 30.3 Å². The molecule has 0 spiro atoms. The molecule has 2 aromatic rings. The first-order chi connectivity index (χ1) is 10.0. The van der Waals surface area contributed by atoms with Crippen molar-refractivity contribution in [2.45, 2.75) is 6.54 Å². The molecule has 6 nitrogen and oxygen atoms in total. The van der Waals surface area contributed by atoms with Gasteiger partial charge < -0.3 is 14.4 Å². The third-order valence-corrected chi connectivity index (χ3v) is 2.92. The van der Waals surface area contributed by atoms with E-state index in [2.05, 4.69) is 4.74 Å². The molecule has 21 heavy (non-hydrogen) atoms. The van der Waals surface area contributed by atoms with E-state index in [0.29, 0.717) is 6.54 Å². The summed E-state index contributed by atoms with van der Waals surface area (Å²) in [6.07, 6.45) is 2.51. The fourth-order valence-corrected chi connectivity index (χ4v) is 1.92. The summed E-state index contributed by atoms with van der Waals surface area (Å²) < 4.78 is 5.99. The number of carbonyl (C=O) groups excluding carboxylic acids is 1. The largest absolute Gasteiger partial charge is 0.477 e. The molecule has 0 amide bonds. The summed E-state index contributed by atoms with van der Waals surface area (Å²) in [4.78, 5) is 34.6.